The molecular weight excluding hydrogens is 136 g/mol. The van der Waals surface area contributed by atoms with Crippen LogP contribution in [0.25, 0.3) is 0 Å². The van der Waals surface area contributed by atoms with Crippen molar-refractivity contribution >= 4 is 5.78 Å². The average molecular weight is 150 g/mol. The van der Waals surface area contributed by atoms with Gasteiger partial charge in [0.25, 0.3) is 0 Å². The molecule has 0 heterocycles. The molecule has 60 valence electrons. The molecule has 1 nitrogen and oxygen atoms in total. The van der Waals surface area contributed by atoms with Gasteiger partial charge in [0.1, 0.15) is 5.78 Å². The van der Waals surface area contributed by atoms with Crippen molar-refractivity contribution < 1.29 is 4.79 Å². The van der Waals surface area contributed by atoms with Crippen molar-refractivity contribution in [3.63, 3.8) is 0 Å². The minimum Gasteiger partial charge on any atom is -0.300 e. The van der Waals surface area contributed by atoms with Crippen molar-refractivity contribution in [2.24, 2.45) is 5.92 Å². The molecule has 0 N–H and O–H groups in total. The lowest BCUT2D eigenvalue weighted by Crippen LogP contribution is -2.06. The molecule has 1 saturated carbocycles. The quantitative estimate of drug-likeness (QED) is 0.485. The van der Waals surface area contributed by atoms with Crippen molar-refractivity contribution in [3.05, 3.63) is 11.6 Å². The SMILES string of the molecule is O=C1CCC2=CCC[C@H](C1)C2. The first kappa shape index (κ1) is 7.08. The van der Waals surface area contributed by atoms with Crippen LogP contribution in [0.4, 0.5) is 0 Å². The van der Waals surface area contributed by atoms with E-state index in [0.29, 0.717) is 11.7 Å². The van der Waals surface area contributed by atoms with E-state index in [4.69, 9.17) is 0 Å². The number of hydrogen-bond donors (Lipinski definition) is 0. The summed E-state index contributed by atoms with van der Waals surface area (Å²) >= 11 is 0. The van der Waals surface area contributed by atoms with Crippen molar-refractivity contribution in [1.82, 2.24) is 0 Å². The Morgan fingerprint density at radius 1 is 1.27 bits per heavy atom. The third-order valence-electron chi connectivity index (χ3n) is 2.80. The molecule has 0 saturated heterocycles. The third kappa shape index (κ3) is 1.52. The first-order valence-electron chi connectivity index (χ1n) is 4.54. The first-order valence-corrected chi connectivity index (χ1v) is 4.54. The summed E-state index contributed by atoms with van der Waals surface area (Å²) in [6.07, 6.45) is 8.73. The van der Waals surface area contributed by atoms with Crippen LogP contribution in [-0.4, -0.2) is 5.78 Å². The summed E-state index contributed by atoms with van der Waals surface area (Å²) in [5.74, 6) is 1.19. The minimum absolute atomic E-state index is 0.486. The molecule has 0 aromatic heterocycles. The van der Waals surface area contributed by atoms with Gasteiger partial charge in [-0.1, -0.05) is 11.6 Å². The minimum atomic E-state index is 0.486. The maximum atomic E-state index is 11.2. The molecule has 0 unspecified atom stereocenters. The molecule has 0 aliphatic heterocycles. The molecule has 0 radical (unpaired) electrons. The number of Topliss-reactive ketones (excluding diaryl/α,β-unsaturated/α-hetero) is 1. The van der Waals surface area contributed by atoms with E-state index >= 15 is 0 Å². The van der Waals surface area contributed by atoms with Crippen LogP contribution >= 0.6 is 0 Å². The second-order valence-electron chi connectivity index (χ2n) is 3.75. The molecule has 2 aliphatic carbocycles. The molecule has 2 aliphatic rings. The van der Waals surface area contributed by atoms with E-state index in [9.17, 15) is 4.79 Å². The van der Waals surface area contributed by atoms with E-state index in [1.165, 1.54) is 19.3 Å². The van der Waals surface area contributed by atoms with Crippen molar-refractivity contribution in [1.29, 1.82) is 0 Å². The predicted octanol–water partition coefficient (Wildman–Crippen LogP) is 2.47. The zero-order valence-corrected chi connectivity index (χ0v) is 6.81. The molecule has 0 amide bonds. The number of rotatable bonds is 0. The van der Waals surface area contributed by atoms with E-state index in [1.54, 1.807) is 5.57 Å². The van der Waals surface area contributed by atoms with Crippen LogP contribution < -0.4 is 0 Å². The molecule has 2 bridgehead atoms. The molecule has 2 rings (SSSR count). The summed E-state index contributed by atoms with van der Waals surface area (Å²) in [4.78, 5) is 11.2. The van der Waals surface area contributed by atoms with Gasteiger partial charge in [-0.2, -0.15) is 0 Å². The lowest BCUT2D eigenvalue weighted by Gasteiger charge is -2.17. The lowest BCUT2D eigenvalue weighted by atomic mass is 9.88. The van der Waals surface area contributed by atoms with Gasteiger partial charge in [0, 0.05) is 12.8 Å². The highest BCUT2D eigenvalue weighted by atomic mass is 16.1. The molecule has 0 aromatic carbocycles. The van der Waals surface area contributed by atoms with E-state index in [1.807, 2.05) is 0 Å². The normalized spacial score (nSPS) is 31.1. The summed E-state index contributed by atoms with van der Waals surface area (Å²) < 4.78 is 0. The Morgan fingerprint density at radius 2 is 2.18 bits per heavy atom. The highest BCUT2D eigenvalue weighted by Crippen LogP contribution is 2.32. The van der Waals surface area contributed by atoms with Crippen LogP contribution in [0.5, 0.6) is 0 Å². The number of allylic oxidation sites excluding steroid dienone is 2. The van der Waals surface area contributed by atoms with Crippen LogP contribution in [0.2, 0.25) is 0 Å². The zero-order valence-electron chi connectivity index (χ0n) is 6.81. The summed E-state index contributed by atoms with van der Waals surface area (Å²) in [6, 6.07) is 0. The fourth-order valence-corrected chi connectivity index (χ4v) is 2.18. The topological polar surface area (TPSA) is 17.1 Å². The Kier molecular flexibility index (Phi) is 1.80. The summed E-state index contributed by atoms with van der Waals surface area (Å²) in [5, 5.41) is 0. The second kappa shape index (κ2) is 2.80. The number of fused-ring (bicyclic) bond motifs is 2. The maximum Gasteiger partial charge on any atom is 0.133 e. The van der Waals surface area contributed by atoms with Gasteiger partial charge in [-0.25, -0.2) is 0 Å². The third-order valence-corrected chi connectivity index (χ3v) is 2.80. The smallest absolute Gasteiger partial charge is 0.133 e. The van der Waals surface area contributed by atoms with Gasteiger partial charge < -0.3 is 0 Å². The predicted molar refractivity (Wildman–Crippen MR) is 44.3 cm³/mol. The zero-order chi connectivity index (χ0) is 7.68. The van der Waals surface area contributed by atoms with Gasteiger partial charge in [0.2, 0.25) is 0 Å². The largest absolute Gasteiger partial charge is 0.300 e. The Morgan fingerprint density at radius 3 is 3.09 bits per heavy atom. The Bertz CT molecular complexity index is 203. The van der Waals surface area contributed by atoms with E-state index < -0.39 is 0 Å². The van der Waals surface area contributed by atoms with E-state index in [-0.39, 0.29) is 0 Å². The van der Waals surface area contributed by atoms with Gasteiger partial charge in [-0.3, -0.25) is 4.79 Å². The van der Waals surface area contributed by atoms with Gasteiger partial charge in [0.15, 0.2) is 0 Å². The summed E-state index contributed by atoms with van der Waals surface area (Å²) in [7, 11) is 0. The molecule has 1 fully saturated rings. The molecule has 1 heteroatoms. The number of ketones is 1. The first-order chi connectivity index (χ1) is 5.34. The number of hydrogen-bond acceptors (Lipinski definition) is 1. The Balaban J connectivity index is 2.15. The maximum absolute atomic E-state index is 11.2. The molecule has 1 atom stereocenters. The number of carbonyl (C=O) groups is 1. The van der Waals surface area contributed by atoms with Crippen LogP contribution in [0.3, 0.4) is 0 Å². The fraction of sp³-hybridized carbons (Fsp3) is 0.700. The van der Waals surface area contributed by atoms with Gasteiger partial charge in [-0.05, 0) is 31.6 Å². The van der Waals surface area contributed by atoms with Gasteiger partial charge in [-0.15, -0.1) is 0 Å². The average Bonchev–Trinajstić information content (AvgIpc) is 2.12. The van der Waals surface area contributed by atoms with E-state index in [2.05, 4.69) is 6.08 Å². The van der Waals surface area contributed by atoms with Crippen LogP contribution in [-0.2, 0) is 4.79 Å². The highest BCUT2D eigenvalue weighted by molar-refractivity contribution is 5.79. The fourth-order valence-electron chi connectivity index (χ4n) is 2.18. The molecule has 0 spiro atoms. The van der Waals surface area contributed by atoms with E-state index in [0.717, 1.165) is 19.3 Å². The van der Waals surface area contributed by atoms with Gasteiger partial charge >= 0.3 is 0 Å². The van der Waals surface area contributed by atoms with Crippen molar-refractivity contribution in [3.8, 4) is 0 Å². The second-order valence-corrected chi connectivity index (χ2v) is 3.75. The molecule has 11 heavy (non-hydrogen) atoms. The monoisotopic (exact) mass is 150 g/mol. The van der Waals surface area contributed by atoms with Crippen molar-refractivity contribution in [2.75, 3.05) is 0 Å². The van der Waals surface area contributed by atoms with Crippen molar-refractivity contribution in [2.45, 2.75) is 38.5 Å². The highest BCUT2D eigenvalue weighted by Gasteiger charge is 2.22. The standard InChI is InChI=1S/C10H14O/c11-10-5-4-8-2-1-3-9(6-8)7-10/h2,9H,1,3-7H2/t9-/m0/s1. The Hall–Kier alpha value is -0.590. The van der Waals surface area contributed by atoms with Gasteiger partial charge in [0.05, 0.1) is 0 Å². The Labute approximate surface area is 67.5 Å². The lowest BCUT2D eigenvalue weighted by molar-refractivity contribution is -0.119. The summed E-state index contributed by atoms with van der Waals surface area (Å²) in [6.45, 7) is 0. The van der Waals surface area contributed by atoms with Crippen LogP contribution in [0.15, 0.2) is 11.6 Å². The van der Waals surface area contributed by atoms with Crippen LogP contribution in [0.1, 0.15) is 38.5 Å². The number of carbonyl (C=O) groups excluding carboxylic acids is 1. The molecular formula is C10H14O. The van der Waals surface area contributed by atoms with Crippen LogP contribution in [0, 0.1) is 5.92 Å². The summed E-state index contributed by atoms with van der Waals surface area (Å²) in [5.41, 5.74) is 1.55. The molecule has 0 aromatic rings.